The van der Waals surface area contributed by atoms with Crippen molar-refractivity contribution in [2.24, 2.45) is 0 Å². The summed E-state index contributed by atoms with van der Waals surface area (Å²) in [6, 6.07) is 5.02. The largest absolute Gasteiger partial charge is 0.375 e. The Kier molecular flexibility index (Phi) is 6.52. The zero-order chi connectivity index (χ0) is 13.5. The molecule has 0 aliphatic carbocycles. The molecule has 0 fully saturated rings. The molecule has 1 amide bonds. The number of nitrogens with one attached hydrogen (secondary N) is 1. The van der Waals surface area contributed by atoms with E-state index in [1.807, 2.05) is 0 Å². The van der Waals surface area contributed by atoms with Gasteiger partial charge in [-0.15, -0.1) is 0 Å². The van der Waals surface area contributed by atoms with Gasteiger partial charge in [0.15, 0.2) is 0 Å². The summed E-state index contributed by atoms with van der Waals surface area (Å²) in [5.74, 6) is -0.339. The molecule has 18 heavy (non-hydrogen) atoms. The average molecular weight is 343 g/mol. The zero-order valence-corrected chi connectivity index (χ0v) is 11.6. The van der Waals surface area contributed by atoms with E-state index in [2.05, 4.69) is 26.0 Å². The van der Waals surface area contributed by atoms with Gasteiger partial charge in [-0.3, -0.25) is 4.79 Å². The molecule has 0 aromatic heterocycles. The van der Waals surface area contributed by atoms with E-state index >= 15 is 0 Å². The second-order valence-electron chi connectivity index (χ2n) is 3.39. The van der Waals surface area contributed by atoms with Crippen LogP contribution in [0, 0.1) is 0 Å². The van der Waals surface area contributed by atoms with Gasteiger partial charge in [0.2, 0.25) is 5.91 Å². The highest BCUT2D eigenvalue weighted by Crippen LogP contribution is 2.25. The Bertz CT molecular complexity index is 418. The summed E-state index contributed by atoms with van der Waals surface area (Å²) in [4.78, 5) is 11.4. The minimum absolute atomic E-state index is 0.000880. The normalized spacial score (nSPS) is 10.7. The quantitative estimate of drug-likeness (QED) is 0.800. The second-order valence-corrected chi connectivity index (χ2v) is 4.71. The lowest BCUT2D eigenvalue weighted by atomic mass is 10.3. The van der Waals surface area contributed by atoms with Gasteiger partial charge in [0.25, 0.3) is 6.43 Å². The summed E-state index contributed by atoms with van der Waals surface area (Å²) < 4.78 is 28.9. The van der Waals surface area contributed by atoms with Crippen molar-refractivity contribution in [1.82, 2.24) is 0 Å². The Morgan fingerprint density at radius 2 is 2.22 bits per heavy atom. The third-order valence-corrected chi connectivity index (χ3v) is 2.73. The van der Waals surface area contributed by atoms with Gasteiger partial charge in [-0.2, -0.15) is 0 Å². The van der Waals surface area contributed by atoms with Crippen LogP contribution in [0.1, 0.15) is 6.42 Å². The molecule has 0 saturated heterocycles. The molecule has 1 aromatic rings. The van der Waals surface area contributed by atoms with Crippen LogP contribution < -0.4 is 5.32 Å². The van der Waals surface area contributed by atoms with Crippen LogP contribution in [0.5, 0.6) is 0 Å². The van der Waals surface area contributed by atoms with Crippen molar-refractivity contribution in [2.45, 2.75) is 12.8 Å². The van der Waals surface area contributed by atoms with E-state index < -0.39 is 13.0 Å². The van der Waals surface area contributed by atoms with Gasteiger partial charge in [0.05, 0.1) is 23.7 Å². The minimum atomic E-state index is -2.52. The van der Waals surface area contributed by atoms with E-state index in [-0.39, 0.29) is 18.9 Å². The van der Waals surface area contributed by atoms with Gasteiger partial charge < -0.3 is 10.1 Å². The van der Waals surface area contributed by atoms with Crippen molar-refractivity contribution in [2.75, 3.05) is 18.5 Å². The lowest BCUT2D eigenvalue weighted by Crippen LogP contribution is -2.15. The molecule has 0 atom stereocenters. The molecule has 0 radical (unpaired) electrons. The fourth-order valence-electron chi connectivity index (χ4n) is 1.14. The highest BCUT2D eigenvalue weighted by molar-refractivity contribution is 9.10. The van der Waals surface area contributed by atoms with Crippen molar-refractivity contribution >= 4 is 39.1 Å². The molecular formula is C11H11BrClF2NO2. The maximum atomic E-state index is 11.7. The number of carbonyl (C=O) groups excluding carboxylic acids is 1. The Hall–Kier alpha value is -0.720. The molecule has 0 unspecified atom stereocenters. The molecule has 3 nitrogen and oxygen atoms in total. The predicted molar refractivity (Wildman–Crippen MR) is 69.2 cm³/mol. The van der Waals surface area contributed by atoms with Gasteiger partial charge >= 0.3 is 0 Å². The van der Waals surface area contributed by atoms with E-state index in [9.17, 15) is 13.6 Å². The first-order valence-electron chi connectivity index (χ1n) is 5.10. The van der Waals surface area contributed by atoms with Gasteiger partial charge in [-0.25, -0.2) is 8.78 Å². The first kappa shape index (κ1) is 15.3. The number of anilines is 1. The summed E-state index contributed by atoms with van der Waals surface area (Å²) in [7, 11) is 0. The molecule has 100 valence electrons. The SMILES string of the molecule is O=C(CCOCC(F)F)Nc1ccc(Br)cc1Cl. The van der Waals surface area contributed by atoms with Crippen molar-refractivity contribution < 1.29 is 18.3 Å². The number of amides is 1. The zero-order valence-electron chi connectivity index (χ0n) is 9.26. The number of benzene rings is 1. The van der Waals surface area contributed by atoms with E-state index in [1.165, 1.54) is 0 Å². The van der Waals surface area contributed by atoms with Crippen molar-refractivity contribution in [3.63, 3.8) is 0 Å². The van der Waals surface area contributed by atoms with Crippen LogP contribution in [0.3, 0.4) is 0 Å². The van der Waals surface area contributed by atoms with Crippen LogP contribution >= 0.6 is 27.5 Å². The number of alkyl halides is 2. The van der Waals surface area contributed by atoms with Gasteiger partial charge in [-0.05, 0) is 18.2 Å². The van der Waals surface area contributed by atoms with Crippen LogP contribution in [-0.4, -0.2) is 25.5 Å². The van der Waals surface area contributed by atoms with E-state index in [1.54, 1.807) is 18.2 Å². The fourth-order valence-corrected chi connectivity index (χ4v) is 1.86. The summed E-state index contributed by atoms with van der Waals surface area (Å²) in [6.07, 6.45) is -2.52. The maximum Gasteiger partial charge on any atom is 0.261 e. The molecule has 1 N–H and O–H groups in total. The molecular weight excluding hydrogens is 331 g/mol. The monoisotopic (exact) mass is 341 g/mol. The summed E-state index contributed by atoms with van der Waals surface area (Å²) in [5.41, 5.74) is 0.471. The summed E-state index contributed by atoms with van der Waals surface area (Å²) in [5, 5.41) is 2.96. The highest BCUT2D eigenvalue weighted by atomic mass is 79.9. The molecule has 0 aliphatic heterocycles. The predicted octanol–water partition coefficient (Wildman–Crippen LogP) is 3.71. The molecule has 0 spiro atoms. The number of carbonyl (C=O) groups is 1. The molecule has 0 saturated carbocycles. The molecule has 0 heterocycles. The summed E-state index contributed by atoms with van der Waals surface area (Å²) in [6.45, 7) is -0.712. The van der Waals surface area contributed by atoms with E-state index in [0.717, 1.165) is 4.47 Å². The maximum absolute atomic E-state index is 11.7. The van der Waals surface area contributed by atoms with Crippen molar-refractivity contribution in [3.05, 3.63) is 27.7 Å². The number of ether oxygens (including phenoxy) is 1. The van der Waals surface area contributed by atoms with E-state index in [4.69, 9.17) is 11.6 Å². The number of hydrogen-bond acceptors (Lipinski definition) is 2. The highest BCUT2D eigenvalue weighted by Gasteiger charge is 2.07. The average Bonchev–Trinajstić information content (AvgIpc) is 2.28. The van der Waals surface area contributed by atoms with Gasteiger partial charge in [0.1, 0.15) is 6.61 Å². The number of rotatable bonds is 6. The Morgan fingerprint density at radius 1 is 1.50 bits per heavy atom. The topological polar surface area (TPSA) is 38.3 Å². The Balaban J connectivity index is 2.35. The first-order valence-corrected chi connectivity index (χ1v) is 6.27. The number of halogens is 4. The van der Waals surface area contributed by atoms with Crippen LogP contribution in [-0.2, 0) is 9.53 Å². The van der Waals surface area contributed by atoms with Crippen molar-refractivity contribution in [3.8, 4) is 0 Å². The van der Waals surface area contributed by atoms with Crippen molar-refractivity contribution in [1.29, 1.82) is 0 Å². The third kappa shape index (κ3) is 5.75. The molecule has 7 heteroatoms. The third-order valence-electron chi connectivity index (χ3n) is 1.92. The summed E-state index contributed by atoms with van der Waals surface area (Å²) >= 11 is 9.14. The lowest BCUT2D eigenvalue weighted by Gasteiger charge is -2.08. The second kappa shape index (κ2) is 7.66. The fraction of sp³-hybridized carbons (Fsp3) is 0.364. The lowest BCUT2D eigenvalue weighted by molar-refractivity contribution is -0.117. The minimum Gasteiger partial charge on any atom is -0.375 e. The van der Waals surface area contributed by atoms with E-state index in [0.29, 0.717) is 10.7 Å². The van der Waals surface area contributed by atoms with Gasteiger partial charge in [0, 0.05) is 4.47 Å². The number of hydrogen-bond donors (Lipinski definition) is 1. The Labute approximate surface area is 117 Å². The van der Waals surface area contributed by atoms with Crippen LogP contribution in [0.15, 0.2) is 22.7 Å². The molecule has 0 aliphatic rings. The first-order chi connectivity index (χ1) is 8.49. The molecule has 1 aromatic carbocycles. The molecule has 1 rings (SSSR count). The van der Waals surface area contributed by atoms with Crippen LogP contribution in [0.2, 0.25) is 5.02 Å². The van der Waals surface area contributed by atoms with Gasteiger partial charge in [-0.1, -0.05) is 27.5 Å². The van der Waals surface area contributed by atoms with Crippen LogP contribution in [0.4, 0.5) is 14.5 Å². The van der Waals surface area contributed by atoms with Crippen LogP contribution in [0.25, 0.3) is 0 Å². The molecule has 0 bridgehead atoms. The smallest absolute Gasteiger partial charge is 0.261 e. The standard InChI is InChI=1S/C11H11BrClF2NO2/c12-7-1-2-9(8(13)5-7)16-11(17)3-4-18-6-10(14)15/h1-2,5,10H,3-4,6H2,(H,16,17). The Morgan fingerprint density at radius 3 is 2.83 bits per heavy atom.